The molecule has 1 aliphatic heterocycles. The van der Waals surface area contributed by atoms with Gasteiger partial charge >= 0.3 is 0 Å². The van der Waals surface area contributed by atoms with Gasteiger partial charge in [-0.05, 0) is 48.7 Å². The van der Waals surface area contributed by atoms with Crippen LogP contribution in [0, 0.1) is 5.82 Å². The topological polar surface area (TPSA) is 46.6 Å². The van der Waals surface area contributed by atoms with Crippen LogP contribution in [-0.4, -0.2) is 26.4 Å². The first kappa shape index (κ1) is 17.2. The van der Waals surface area contributed by atoms with Gasteiger partial charge in [-0.3, -0.25) is 0 Å². The fourth-order valence-electron chi connectivity index (χ4n) is 3.02. The van der Waals surface area contributed by atoms with Gasteiger partial charge in [0.05, 0.1) is 13.2 Å². The lowest BCUT2D eigenvalue weighted by molar-refractivity contribution is 0.388. The molecule has 0 unspecified atom stereocenters. The Bertz CT molecular complexity index is 857. The minimum atomic E-state index is -3.94. The molecule has 128 valence electrons. The molecule has 0 radical (unpaired) electrons. The average Bonchev–Trinajstić information content (AvgIpc) is 3.05. The quantitative estimate of drug-likeness (QED) is 0.817. The minimum absolute atomic E-state index is 0.164. The Kier molecular flexibility index (Phi) is 4.80. The van der Waals surface area contributed by atoms with E-state index in [1.807, 2.05) is 18.2 Å². The van der Waals surface area contributed by atoms with Gasteiger partial charge in [0.1, 0.15) is 16.5 Å². The number of benzene rings is 2. The normalized spacial score (nSPS) is 18.7. The molecule has 1 saturated heterocycles. The van der Waals surface area contributed by atoms with E-state index < -0.39 is 15.8 Å². The van der Waals surface area contributed by atoms with Crippen LogP contribution in [0.5, 0.6) is 5.75 Å². The Morgan fingerprint density at radius 1 is 1.25 bits per heavy atom. The van der Waals surface area contributed by atoms with Gasteiger partial charge in [0.2, 0.25) is 10.0 Å². The van der Waals surface area contributed by atoms with Crippen LogP contribution in [0.3, 0.4) is 0 Å². The standard InChI is InChI=1S/C17H17ClFNO3S/c1-23-14-5-2-4-12(10-14)16-6-3-9-20(16)24(21,22)17-8-7-13(18)11-15(17)19/h2,4-5,7-8,10-11,16H,3,6,9H2,1H3/t16-/m1/s1. The highest BCUT2D eigenvalue weighted by molar-refractivity contribution is 7.89. The molecule has 1 fully saturated rings. The predicted octanol–water partition coefficient (Wildman–Crippen LogP) is 4.01. The van der Waals surface area contributed by atoms with Crippen LogP contribution in [0.15, 0.2) is 47.4 Å². The summed E-state index contributed by atoms with van der Waals surface area (Å²) in [5.41, 5.74) is 0.838. The van der Waals surface area contributed by atoms with Gasteiger partial charge in [0.25, 0.3) is 0 Å². The second-order valence-electron chi connectivity index (χ2n) is 5.63. The van der Waals surface area contributed by atoms with Crippen LogP contribution in [0.25, 0.3) is 0 Å². The Balaban J connectivity index is 2.00. The van der Waals surface area contributed by atoms with Gasteiger partial charge in [0.15, 0.2) is 0 Å². The van der Waals surface area contributed by atoms with E-state index in [2.05, 4.69) is 0 Å². The minimum Gasteiger partial charge on any atom is -0.497 e. The van der Waals surface area contributed by atoms with E-state index in [4.69, 9.17) is 16.3 Å². The van der Waals surface area contributed by atoms with Crippen LogP contribution in [0.1, 0.15) is 24.4 Å². The fourth-order valence-corrected chi connectivity index (χ4v) is 4.91. The number of nitrogens with zero attached hydrogens (tertiary/aromatic N) is 1. The monoisotopic (exact) mass is 369 g/mol. The molecule has 24 heavy (non-hydrogen) atoms. The maximum atomic E-state index is 14.1. The zero-order valence-corrected chi connectivity index (χ0v) is 14.6. The molecular weight excluding hydrogens is 353 g/mol. The van der Waals surface area contributed by atoms with Gasteiger partial charge in [-0.25, -0.2) is 12.8 Å². The van der Waals surface area contributed by atoms with Crippen LogP contribution < -0.4 is 4.74 Å². The summed E-state index contributed by atoms with van der Waals surface area (Å²) >= 11 is 5.72. The predicted molar refractivity (Wildman–Crippen MR) is 90.3 cm³/mol. The van der Waals surface area contributed by atoms with Gasteiger partial charge < -0.3 is 4.74 Å². The largest absolute Gasteiger partial charge is 0.497 e. The van der Waals surface area contributed by atoms with Crippen molar-refractivity contribution in [1.29, 1.82) is 0 Å². The molecule has 4 nitrogen and oxygen atoms in total. The second kappa shape index (κ2) is 6.70. The van der Waals surface area contributed by atoms with Crippen molar-refractivity contribution in [3.63, 3.8) is 0 Å². The molecule has 1 atom stereocenters. The SMILES string of the molecule is COc1cccc([C@H]2CCCN2S(=O)(=O)c2ccc(Cl)cc2F)c1. The van der Waals surface area contributed by atoms with Crippen LogP contribution in [0.2, 0.25) is 5.02 Å². The lowest BCUT2D eigenvalue weighted by atomic mass is 10.1. The zero-order valence-electron chi connectivity index (χ0n) is 13.1. The van der Waals surface area contributed by atoms with E-state index in [1.165, 1.54) is 16.4 Å². The molecule has 0 aromatic heterocycles. The van der Waals surface area contributed by atoms with Crippen LogP contribution in [-0.2, 0) is 10.0 Å². The fraction of sp³-hybridized carbons (Fsp3) is 0.294. The molecule has 0 spiro atoms. The van der Waals surface area contributed by atoms with Gasteiger partial charge in [-0.1, -0.05) is 23.7 Å². The summed E-state index contributed by atoms with van der Waals surface area (Å²) in [4.78, 5) is -0.346. The summed E-state index contributed by atoms with van der Waals surface area (Å²) < 4.78 is 46.5. The third-order valence-corrected chi connectivity index (χ3v) is 6.34. The highest BCUT2D eigenvalue weighted by Crippen LogP contribution is 2.38. The summed E-state index contributed by atoms with van der Waals surface area (Å²) in [6.45, 7) is 0.353. The van der Waals surface area contributed by atoms with Crippen molar-refractivity contribution in [2.45, 2.75) is 23.8 Å². The van der Waals surface area contributed by atoms with Crippen molar-refractivity contribution in [3.8, 4) is 5.75 Å². The first-order chi connectivity index (χ1) is 11.4. The van der Waals surface area contributed by atoms with Gasteiger partial charge in [-0.15, -0.1) is 0 Å². The number of halogens is 2. The molecule has 2 aromatic rings. The highest BCUT2D eigenvalue weighted by atomic mass is 35.5. The summed E-state index contributed by atoms with van der Waals surface area (Å²) in [6.07, 6.45) is 1.40. The van der Waals surface area contributed by atoms with Crippen molar-refractivity contribution < 1.29 is 17.5 Å². The zero-order chi connectivity index (χ0) is 17.3. The third-order valence-electron chi connectivity index (χ3n) is 4.16. The van der Waals surface area contributed by atoms with Gasteiger partial charge in [-0.2, -0.15) is 4.31 Å². The lowest BCUT2D eigenvalue weighted by Gasteiger charge is -2.25. The number of methoxy groups -OCH3 is 1. The van der Waals surface area contributed by atoms with Crippen molar-refractivity contribution in [3.05, 3.63) is 58.9 Å². The van der Waals surface area contributed by atoms with Crippen molar-refractivity contribution in [2.75, 3.05) is 13.7 Å². The molecule has 3 rings (SSSR count). The van der Waals surface area contributed by atoms with Gasteiger partial charge in [0, 0.05) is 11.6 Å². The number of rotatable bonds is 4. The molecule has 0 N–H and O–H groups in total. The Hall–Kier alpha value is -1.63. The molecular formula is C17H17ClFNO3S. The van der Waals surface area contributed by atoms with E-state index in [9.17, 15) is 12.8 Å². The Morgan fingerprint density at radius 3 is 2.75 bits per heavy atom. The number of ether oxygens (including phenoxy) is 1. The third kappa shape index (κ3) is 3.14. The smallest absolute Gasteiger partial charge is 0.246 e. The molecule has 1 heterocycles. The maximum absolute atomic E-state index is 14.1. The Labute approximate surface area is 145 Å². The Morgan fingerprint density at radius 2 is 2.04 bits per heavy atom. The molecule has 0 saturated carbocycles. The lowest BCUT2D eigenvalue weighted by Crippen LogP contribution is -2.31. The van der Waals surface area contributed by atoms with Crippen molar-refractivity contribution in [2.24, 2.45) is 0 Å². The summed E-state index contributed by atoms with van der Waals surface area (Å²) in [6, 6.07) is 10.6. The maximum Gasteiger partial charge on any atom is 0.246 e. The first-order valence-electron chi connectivity index (χ1n) is 7.54. The van der Waals surface area contributed by atoms with E-state index in [1.54, 1.807) is 13.2 Å². The summed E-state index contributed by atoms with van der Waals surface area (Å²) in [5.74, 6) is -0.173. The molecule has 0 aliphatic carbocycles. The number of hydrogen-bond donors (Lipinski definition) is 0. The number of sulfonamides is 1. The van der Waals surface area contributed by atoms with Crippen molar-refractivity contribution >= 4 is 21.6 Å². The average molecular weight is 370 g/mol. The van der Waals surface area contributed by atoms with E-state index >= 15 is 0 Å². The molecule has 7 heteroatoms. The molecule has 0 amide bonds. The molecule has 0 bridgehead atoms. The summed E-state index contributed by atoms with van der Waals surface area (Å²) in [5, 5.41) is 0.164. The summed E-state index contributed by atoms with van der Waals surface area (Å²) in [7, 11) is -2.38. The first-order valence-corrected chi connectivity index (χ1v) is 9.36. The van der Waals surface area contributed by atoms with E-state index in [0.29, 0.717) is 18.7 Å². The highest BCUT2D eigenvalue weighted by Gasteiger charge is 2.37. The second-order valence-corrected chi connectivity index (χ2v) is 7.92. The molecule has 1 aliphatic rings. The molecule has 2 aromatic carbocycles. The van der Waals surface area contributed by atoms with Crippen LogP contribution in [0.4, 0.5) is 4.39 Å². The van der Waals surface area contributed by atoms with E-state index in [0.717, 1.165) is 18.1 Å². The number of hydrogen-bond acceptors (Lipinski definition) is 3. The van der Waals surface area contributed by atoms with E-state index in [-0.39, 0.29) is 16.0 Å². The van der Waals surface area contributed by atoms with Crippen molar-refractivity contribution in [1.82, 2.24) is 4.31 Å². The van der Waals surface area contributed by atoms with Crippen LogP contribution >= 0.6 is 11.6 Å².